The molecule has 98 valence electrons. The highest BCUT2D eigenvalue weighted by molar-refractivity contribution is 9.11. The fourth-order valence-corrected chi connectivity index (χ4v) is 3.47. The summed E-state index contributed by atoms with van der Waals surface area (Å²) in [5.74, 6) is -0.549. The quantitative estimate of drug-likeness (QED) is 0.921. The molecule has 2 amide bonds. The van der Waals surface area contributed by atoms with Crippen molar-refractivity contribution in [2.75, 3.05) is 6.54 Å². The Morgan fingerprint density at radius 3 is 2.61 bits per heavy atom. The standard InChI is InChI=1S/C12H15BrN2O2S/c13-10-5-8(7-18-10)12(17)15(6-11(14)16)9-3-1-2-4-9/h5,7,9H,1-4,6H2,(H2,14,16). The first kappa shape index (κ1) is 13.5. The van der Waals surface area contributed by atoms with E-state index in [0.717, 1.165) is 29.5 Å². The van der Waals surface area contributed by atoms with Gasteiger partial charge in [-0.15, -0.1) is 11.3 Å². The van der Waals surface area contributed by atoms with Crippen LogP contribution in [0.5, 0.6) is 0 Å². The number of carbonyl (C=O) groups excluding carboxylic acids is 2. The van der Waals surface area contributed by atoms with Crippen molar-refractivity contribution in [1.82, 2.24) is 4.90 Å². The molecule has 1 aromatic rings. The first-order valence-electron chi connectivity index (χ1n) is 5.91. The summed E-state index contributed by atoms with van der Waals surface area (Å²) in [4.78, 5) is 25.1. The lowest BCUT2D eigenvalue weighted by Crippen LogP contribution is -2.44. The fraction of sp³-hybridized carbons (Fsp3) is 0.500. The summed E-state index contributed by atoms with van der Waals surface area (Å²) in [6, 6.07) is 1.94. The molecule has 1 heterocycles. The normalized spacial score (nSPS) is 15.8. The minimum atomic E-state index is -0.454. The zero-order valence-corrected chi connectivity index (χ0v) is 12.3. The van der Waals surface area contributed by atoms with Crippen LogP contribution in [0.25, 0.3) is 0 Å². The third-order valence-electron chi connectivity index (χ3n) is 3.17. The SMILES string of the molecule is NC(=O)CN(C(=O)c1csc(Br)c1)C1CCCC1. The van der Waals surface area contributed by atoms with Gasteiger partial charge in [0.2, 0.25) is 5.91 Å². The Labute approximate surface area is 118 Å². The van der Waals surface area contributed by atoms with E-state index in [4.69, 9.17) is 5.73 Å². The molecule has 0 bridgehead atoms. The van der Waals surface area contributed by atoms with E-state index in [-0.39, 0.29) is 18.5 Å². The number of hydrogen-bond acceptors (Lipinski definition) is 3. The van der Waals surface area contributed by atoms with E-state index in [1.54, 1.807) is 16.3 Å². The number of thiophene rings is 1. The highest BCUT2D eigenvalue weighted by Gasteiger charge is 2.28. The number of primary amides is 1. The Kier molecular flexibility index (Phi) is 4.40. The lowest BCUT2D eigenvalue weighted by atomic mass is 10.1. The van der Waals surface area contributed by atoms with Crippen LogP contribution in [0.2, 0.25) is 0 Å². The Balaban J connectivity index is 2.17. The maximum absolute atomic E-state index is 12.4. The third kappa shape index (κ3) is 3.11. The van der Waals surface area contributed by atoms with Crippen LogP contribution in [-0.4, -0.2) is 29.3 Å². The minimum Gasteiger partial charge on any atom is -0.368 e. The van der Waals surface area contributed by atoms with Gasteiger partial charge in [-0.05, 0) is 34.8 Å². The van der Waals surface area contributed by atoms with Crippen LogP contribution < -0.4 is 5.73 Å². The molecule has 4 nitrogen and oxygen atoms in total. The zero-order chi connectivity index (χ0) is 13.1. The molecule has 0 atom stereocenters. The molecular weight excluding hydrogens is 316 g/mol. The van der Waals surface area contributed by atoms with Gasteiger partial charge in [-0.2, -0.15) is 0 Å². The summed E-state index contributed by atoms with van der Waals surface area (Å²) in [5.41, 5.74) is 5.87. The van der Waals surface area contributed by atoms with Gasteiger partial charge >= 0.3 is 0 Å². The molecule has 0 radical (unpaired) electrons. The molecule has 0 unspecified atom stereocenters. The van der Waals surface area contributed by atoms with Crippen LogP contribution in [0.15, 0.2) is 15.2 Å². The maximum atomic E-state index is 12.4. The van der Waals surface area contributed by atoms with Crippen molar-refractivity contribution in [2.24, 2.45) is 5.73 Å². The van der Waals surface area contributed by atoms with Crippen molar-refractivity contribution >= 4 is 39.1 Å². The van der Waals surface area contributed by atoms with Gasteiger partial charge in [-0.25, -0.2) is 0 Å². The van der Waals surface area contributed by atoms with E-state index in [9.17, 15) is 9.59 Å². The van der Waals surface area contributed by atoms with Crippen LogP contribution >= 0.6 is 27.3 Å². The smallest absolute Gasteiger partial charge is 0.255 e. The van der Waals surface area contributed by atoms with E-state index in [1.165, 1.54) is 11.3 Å². The number of carbonyl (C=O) groups is 2. The van der Waals surface area contributed by atoms with Crippen molar-refractivity contribution in [3.63, 3.8) is 0 Å². The first-order chi connectivity index (χ1) is 8.58. The van der Waals surface area contributed by atoms with E-state index in [2.05, 4.69) is 15.9 Å². The van der Waals surface area contributed by atoms with Crippen LogP contribution in [0.1, 0.15) is 36.0 Å². The Morgan fingerprint density at radius 2 is 2.11 bits per heavy atom. The lowest BCUT2D eigenvalue weighted by Gasteiger charge is -2.27. The van der Waals surface area contributed by atoms with Crippen molar-refractivity contribution in [3.8, 4) is 0 Å². The molecule has 0 saturated heterocycles. The van der Waals surface area contributed by atoms with Gasteiger partial charge in [0, 0.05) is 11.4 Å². The molecule has 6 heteroatoms. The maximum Gasteiger partial charge on any atom is 0.255 e. The van der Waals surface area contributed by atoms with Crippen molar-refractivity contribution in [2.45, 2.75) is 31.7 Å². The molecule has 1 saturated carbocycles. The fourth-order valence-electron chi connectivity index (χ4n) is 2.34. The predicted molar refractivity (Wildman–Crippen MR) is 74.5 cm³/mol. The number of nitrogens with zero attached hydrogens (tertiary/aromatic N) is 1. The lowest BCUT2D eigenvalue weighted by molar-refractivity contribution is -0.119. The summed E-state index contributed by atoms with van der Waals surface area (Å²) < 4.78 is 0.913. The zero-order valence-electron chi connectivity index (χ0n) is 9.89. The molecule has 0 spiro atoms. The second-order valence-corrected chi connectivity index (χ2v) is 6.77. The van der Waals surface area contributed by atoms with Crippen molar-refractivity contribution in [1.29, 1.82) is 0 Å². The first-order valence-corrected chi connectivity index (χ1v) is 7.58. The van der Waals surface area contributed by atoms with Crippen LogP contribution in [-0.2, 0) is 4.79 Å². The van der Waals surface area contributed by atoms with E-state index >= 15 is 0 Å². The van der Waals surface area contributed by atoms with Crippen LogP contribution in [0, 0.1) is 0 Å². The Bertz CT molecular complexity index is 455. The second-order valence-electron chi connectivity index (χ2n) is 4.48. The largest absolute Gasteiger partial charge is 0.368 e. The molecule has 18 heavy (non-hydrogen) atoms. The second kappa shape index (κ2) is 5.84. The van der Waals surface area contributed by atoms with E-state index < -0.39 is 5.91 Å². The molecule has 2 N–H and O–H groups in total. The molecule has 1 fully saturated rings. The number of hydrogen-bond donors (Lipinski definition) is 1. The molecular formula is C12H15BrN2O2S. The van der Waals surface area contributed by atoms with Gasteiger partial charge in [0.25, 0.3) is 5.91 Å². The summed E-state index contributed by atoms with van der Waals surface area (Å²) in [6.07, 6.45) is 4.15. The highest BCUT2D eigenvalue weighted by atomic mass is 79.9. The van der Waals surface area contributed by atoms with Gasteiger partial charge in [-0.1, -0.05) is 12.8 Å². The average molecular weight is 331 g/mol. The molecule has 1 aliphatic carbocycles. The summed E-state index contributed by atoms with van der Waals surface area (Å²) in [7, 11) is 0. The third-order valence-corrected chi connectivity index (χ3v) is 4.67. The average Bonchev–Trinajstić information content (AvgIpc) is 2.95. The van der Waals surface area contributed by atoms with E-state index in [0.29, 0.717) is 5.56 Å². The van der Waals surface area contributed by atoms with Gasteiger partial charge in [0.05, 0.1) is 15.9 Å². The predicted octanol–water partition coefficient (Wildman–Crippen LogP) is 2.38. The monoisotopic (exact) mass is 330 g/mol. The summed E-state index contributed by atoms with van der Waals surface area (Å²) in [5, 5.41) is 1.80. The van der Waals surface area contributed by atoms with Gasteiger partial charge < -0.3 is 10.6 Å². The molecule has 0 aromatic carbocycles. The summed E-state index contributed by atoms with van der Waals surface area (Å²) >= 11 is 4.80. The highest BCUT2D eigenvalue weighted by Crippen LogP contribution is 2.27. The number of rotatable bonds is 4. The topological polar surface area (TPSA) is 63.4 Å². The minimum absolute atomic E-state index is 0.0109. The number of halogens is 1. The van der Waals surface area contributed by atoms with Gasteiger partial charge in [-0.3, -0.25) is 9.59 Å². The molecule has 1 aliphatic rings. The number of amides is 2. The van der Waals surface area contributed by atoms with Gasteiger partial charge in [0.1, 0.15) is 0 Å². The van der Waals surface area contributed by atoms with Gasteiger partial charge in [0.15, 0.2) is 0 Å². The van der Waals surface area contributed by atoms with Crippen molar-refractivity contribution in [3.05, 3.63) is 20.8 Å². The molecule has 1 aromatic heterocycles. The van der Waals surface area contributed by atoms with Crippen LogP contribution in [0.3, 0.4) is 0 Å². The molecule has 2 rings (SSSR count). The van der Waals surface area contributed by atoms with Crippen molar-refractivity contribution < 1.29 is 9.59 Å². The Morgan fingerprint density at radius 1 is 1.44 bits per heavy atom. The van der Waals surface area contributed by atoms with E-state index in [1.807, 2.05) is 0 Å². The number of nitrogens with two attached hydrogens (primary N) is 1. The molecule has 0 aliphatic heterocycles. The van der Waals surface area contributed by atoms with Crippen LogP contribution in [0.4, 0.5) is 0 Å². The Hall–Kier alpha value is -0.880. The summed E-state index contributed by atoms with van der Waals surface area (Å²) in [6.45, 7) is 0.0109.